The SMILES string of the molecule is CCC(C)(c1ccccc1)c1cc(C)c(C(C)(C)C(C)(C)c2ccc(C(C)(C)c3sc(-c4ccccc4)cc3C)s2)s1. The van der Waals surface area contributed by atoms with E-state index in [9.17, 15) is 0 Å². The van der Waals surface area contributed by atoms with E-state index in [1.165, 1.54) is 51.5 Å². The van der Waals surface area contributed by atoms with Gasteiger partial charge in [0, 0.05) is 50.9 Å². The van der Waals surface area contributed by atoms with Crippen molar-refractivity contribution in [2.75, 3.05) is 0 Å². The van der Waals surface area contributed by atoms with E-state index in [1.807, 2.05) is 34.0 Å². The molecule has 0 amide bonds. The lowest BCUT2D eigenvalue weighted by Gasteiger charge is -2.41. The zero-order valence-electron chi connectivity index (χ0n) is 27.0. The van der Waals surface area contributed by atoms with Crippen molar-refractivity contribution in [1.82, 2.24) is 0 Å². The van der Waals surface area contributed by atoms with Crippen molar-refractivity contribution >= 4 is 34.0 Å². The van der Waals surface area contributed by atoms with E-state index in [0.29, 0.717) is 0 Å². The predicted molar refractivity (Wildman–Crippen MR) is 189 cm³/mol. The van der Waals surface area contributed by atoms with E-state index in [4.69, 9.17) is 0 Å². The molecule has 42 heavy (non-hydrogen) atoms. The van der Waals surface area contributed by atoms with Crippen LogP contribution in [0.1, 0.15) is 103 Å². The van der Waals surface area contributed by atoms with Crippen LogP contribution in [0.4, 0.5) is 0 Å². The zero-order valence-corrected chi connectivity index (χ0v) is 29.5. The minimum absolute atomic E-state index is 0.0203. The normalized spacial score (nSPS) is 14.2. The third-order valence-corrected chi connectivity index (χ3v) is 15.3. The van der Waals surface area contributed by atoms with Gasteiger partial charge in [-0.15, -0.1) is 34.0 Å². The van der Waals surface area contributed by atoms with Gasteiger partial charge in [0.1, 0.15) is 0 Å². The van der Waals surface area contributed by atoms with Crippen molar-refractivity contribution in [2.45, 2.75) is 97.3 Å². The second-order valence-electron chi connectivity index (χ2n) is 13.7. The number of hydrogen-bond donors (Lipinski definition) is 0. The summed E-state index contributed by atoms with van der Waals surface area (Å²) in [4.78, 5) is 8.70. The van der Waals surface area contributed by atoms with Gasteiger partial charge in [0.15, 0.2) is 0 Å². The standard InChI is InChI=1S/C39H46S3/c1-11-39(10,29-20-16-13-17-21-29)33-25-27(3)35(42-33)38(8,9)37(6,7)32-23-22-31(41-32)36(4,5)34-26(2)24-30(40-34)28-18-14-12-15-19-28/h12-25H,11H2,1-10H3. The van der Waals surface area contributed by atoms with Crippen molar-refractivity contribution in [1.29, 1.82) is 0 Å². The van der Waals surface area contributed by atoms with Gasteiger partial charge in [-0.25, -0.2) is 0 Å². The van der Waals surface area contributed by atoms with E-state index < -0.39 is 0 Å². The molecular formula is C39H46S3. The van der Waals surface area contributed by atoms with Crippen LogP contribution in [0.5, 0.6) is 0 Å². The molecule has 2 aromatic carbocycles. The van der Waals surface area contributed by atoms with Crippen LogP contribution in [-0.4, -0.2) is 0 Å². The van der Waals surface area contributed by atoms with Crippen LogP contribution in [0, 0.1) is 13.8 Å². The summed E-state index contributed by atoms with van der Waals surface area (Å²) in [7, 11) is 0. The quantitative estimate of drug-likeness (QED) is 0.156. The van der Waals surface area contributed by atoms with Crippen LogP contribution >= 0.6 is 34.0 Å². The molecule has 0 aliphatic heterocycles. The average molecular weight is 611 g/mol. The maximum absolute atomic E-state index is 2.47. The highest BCUT2D eigenvalue weighted by Gasteiger charge is 2.44. The zero-order chi connectivity index (χ0) is 30.5. The van der Waals surface area contributed by atoms with Gasteiger partial charge in [0.05, 0.1) is 0 Å². The third kappa shape index (κ3) is 5.16. The fourth-order valence-electron chi connectivity index (χ4n) is 6.26. The molecule has 3 heterocycles. The van der Waals surface area contributed by atoms with E-state index in [1.54, 1.807) is 0 Å². The van der Waals surface area contributed by atoms with Gasteiger partial charge in [-0.05, 0) is 66.8 Å². The Labute approximate surface area is 266 Å². The molecule has 0 nitrogen and oxygen atoms in total. The molecule has 1 unspecified atom stereocenters. The highest BCUT2D eigenvalue weighted by atomic mass is 32.1. The Morgan fingerprint density at radius 1 is 0.548 bits per heavy atom. The lowest BCUT2D eigenvalue weighted by atomic mass is 9.65. The molecular weight excluding hydrogens is 565 g/mol. The monoisotopic (exact) mass is 610 g/mol. The molecule has 5 aromatic rings. The predicted octanol–water partition coefficient (Wildman–Crippen LogP) is 12.5. The molecule has 0 N–H and O–H groups in total. The van der Waals surface area contributed by atoms with Crippen LogP contribution in [-0.2, 0) is 21.7 Å². The number of hydrogen-bond acceptors (Lipinski definition) is 3. The van der Waals surface area contributed by atoms with Crippen LogP contribution < -0.4 is 0 Å². The highest BCUT2D eigenvalue weighted by Crippen LogP contribution is 2.53. The van der Waals surface area contributed by atoms with Gasteiger partial charge < -0.3 is 0 Å². The first kappa shape index (κ1) is 31.0. The smallest absolute Gasteiger partial charge is 0.0348 e. The number of benzene rings is 2. The first-order valence-electron chi connectivity index (χ1n) is 15.2. The molecule has 0 radical (unpaired) electrons. The van der Waals surface area contributed by atoms with E-state index in [-0.39, 0.29) is 21.7 Å². The van der Waals surface area contributed by atoms with Crippen LogP contribution in [0.3, 0.4) is 0 Å². The van der Waals surface area contributed by atoms with Crippen molar-refractivity contribution in [3.8, 4) is 10.4 Å². The first-order chi connectivity index (χ1) is 19.7. The van der Waals surface area contributed by atoms with E-state index >= 15 is 0 Å². The van der Waals surface area contributed by atoms with Gasteiger partial charge in [-0.1, -0.05) is 116 Å². The summed E-state index contributed by atoms with van der Waals surface area (Å²) in [5, 5.41) is 0. The van der Waals surface area contributed by atoms with Gasteiger partial charge in [-0.2, -0.15) is 0 Å². The maximum Gasteiger partial charge on any atom is 0.0348 e. The molecule has 1 atom stereocenters. The summed E-state index contributed by atoms with van der Waals surface area (Å²) < 4.78 is 0. The largest absolute Gasteiger partial charge is 0.144 e. The molecule has 3 heteroatoms. The third-order valence-electron chi connectivity index (χ3n) is 10.1. The summed E-state index contributed by atoms with van der Waals surface area (Å²) in [6.07, 6.45) is 1.08. The van der Waals surface area contributed by atoms with Gasteiger partial charge >= 0.3 is 0 Å². The fourth-order valence-corrected chi connectivity index (χ4v) is 10.7. The number of thiophene rings is 3. The molecule has 0 saturated carbocycles. The molecule has 0 bridgehead atoms. The molecule has 0 aliphatic carbocycles. The summed E-state index contributed by atoms with van der Waals surface area (Å²) in [6.45, 7) is 24.0. The number of rotatable bonds is 9. The van der Waals surface area contributed by atoms with E-state index in [0.717, 1.165) is 6.42 Å². The van der Waals surface area contributed by atoms with Crippen LogP contribution in [0.2, 0.25) is 0 Å². The molecule has 0 fully saturated rings. The second kappa shape index (κ2) is 11.2. The number of aryl methyl sites for hydroxylation is 2. The lowest BCUT2D eigenvalue weighted by Crippen LogP contribution is -2.39. The fraction of sp³-hybridized carbons (Fsp3) is 0.385. The van der Waals surface area contributed by atoms with Crippen LogP contribution in [0.15, 0.2) is 84.9 Å². The molecule has 5 rings (SSSR count). The van der Waals surface area contributed by atoms with Gasteiger partial charge in [0.2, 0.25) is 0 Å². The first-order valence-corrected chi connectivity index (χ1v) is 17.6. The topological polar surface area (TPSA) is 0 Å². The van der Waals surface area contributed by atoms with Gasteiger partial charge in [-0.3, -0.25) is 0 Å². The summed E-state index contributed by atoms with van der Waals surface area (Å²) >= 11 is 5.99. The van der Waals surface area contributed by atoms with Crippen molar-refractivity contribution in [3.63, 3.8) is 0 Å². The Hall–Kier alpha value is -2.46. The Kier molecular flexibility index (Phi) is 8.28. The van der Waals surface area contributed by atoms with Crippen molar-refractivity contribution in [3.05, 3.63) is 126 Å². The molecule has 0 saturated heterocycles. The second-order valence-corrected chi connectivity index (χ2v) is 16.9. The van der Waals surface area contributed by atoms with Gasteiger partial charge in [0.25, 0.3) is 0 Å². The van der Waals surface area contributed by atoms with Crippen molar-refractivity contribution < 1.29 is 0 Å². The highest BCUT2D eigenvalue weighted by molar-refractivity contribution is 7.16. The average Bonchev–Trinajstić information content (AvgIpc) is 3.73. The Morgan fingerprint density at radius 3 is 1.74 bits per heavy atom. The maximum atomic E-state index is 2.47. The Morgan fingerprint density at radius 2 is 1.12 bits per heavy atom. The minimum Gasteiger partial charge on any atom is -0.144 e. The summed E-state index contributed by atoms with van der Waals surface area (Å²) in [5.41, 5.74) is 5.43. The lowest BCUT2D eigenvalue weighted by molar-refractivity contribution is 0.313. The van der Waals surface area contributed by atoms with Crippen LogP contribution in [0.25, 0.3) is 10.4 Å². The Bertz CT molecular complexity index is 1660. The van der Waals surface area contributed by atoms with Crippen molar-refractivity contribution in [2.24, 2.45) is 0 Å². The Balaban J connectivity index is 1.48. The van der Waals surface area contributed by atoms with E-state index in [2.05, 4.69) is 154 Å². The summed E-state index contributed by atoms with van der Waals surface area (Å²) in [6, 6.07) is 31.5. The molecule has 220 valence electrons. The molecule has 3 aromatic heterocycles. The molecule has 0 aliphatic rings. The minimum atomic E-state index is -0.0461. The molecule has 0 spiro atoms. The summed E-state index contributed by atoms with van der Waals surface area (Å²) in [5.74, 6) is 0.